The number of hydrogen-bond donors (Lipinski definition) is 1. The zero-order chi connectivity index (χ0) is 20.8. The summed E-state index contributed by atoms with van der Waals surface area (Å²) in [7, 11) is -3.25. The second kappa shape index (κ2) is 7.26. The minimum Gasteiger partial charge on any atom is -0.347 e. The molecule has 1 atom stereocenters. The monoisotopic (exact) mass is 411 g/mol. The van der Waals surface area contributed by atoms with Crippen LogP contribution in [-0.2, 0) is 16.6 Å². The molecular formula is C23H29N3O2S. The maximum atomic E-state index is 12.5. The average molecular weight is 412 g/mol. The van der Waals surface area contributed by atoms with Crippen LogP contribution in [0.4, 0.5) is 0 Å². The van der Waals surface area contributed by atoms with Crippen molar-refractivity contribution in [1.82, 2.24) is 14.3 Å². The van der Waals surface area contributed by atoms with Crippen LogP contribution in [0.2, 0.25) is 0 Å². The third-order valence-corrected chi connectivity index (χ3v) is 7.32. The quantitative estimate of drug-likeness (QED) is 0.628. The van der Waals surface area contributed by atoms with Crippen molar-refractivity contribution in [3.8, 4) is 11.3 Å². The zero-order valence-corrected chi connectivity index (χ0v) is 18.3. The van der Waals surface area contributed by atoms with Crippen LogP contribution in [0.25, 0.3) is 22.2 Å². The van der Waals surface area contributed by atoms with E-state index in [1.807, 2.05) is 25.1 Å². The summed E-state index contributed by atoms with van der Waals surface area (Å²) < 4.78 is 30.1. The number of fused-ring (bicyclic) bond motifs is 1. The summed E-state index contributed by atoms with van der Waals surface area (Å²) in [6, 6.07) is 12.0. The van der Waals surface area contributed by atoms with Crippen LogP contribution < -0.4 is 4.72 Å². The Bertz CT molecular complexity index is 1120. The molecule has 1 aromatic carbocycles. The van der Waals surface area contributed by atoms with Gasteiger partial charge >= 0.3 is 0 Å². The molecule has 1 aliphatic rings. The third kappa shape index (κ3) is 4.38. The van der Waals surface area contributed by atoms with Crippen molar-refractivity contribution < 1.29 is 8.42 Å². The number of hydrogen-bond acceptors (Lipinski definition) is 3. The van der Waals surface area contributed by atoms with Gasteiger partial charge in [-0.15, -0.1) is 0 Å². The lowest BCUT2D eigenvalue weighted by Crippen LogP contribution is -2.29. The molecule has 6 heteroatoms. The van der Waals surface area contributed by atoms with E-state index >= 15 is 0 Å². The molecule has 0 aliphatic heterocycles. The Kier molecular flexibility index (Phi) is 5.03. The summed E-state index contributed by atoms with van der Waals surface area (Å²) in [5.74, 6) is 0. The van der Waals surface area contributed by atoms with Gasteiger partial charge in [-0.1, -0.05) is 39.0 Å². The zero-order valence-electron chi connectivity index (χ0n) is 17.5. The third-order valence-electron chi connectivity index (χ3n) is 5.29. The Balaban J connectivity index is 1.78. The summed E-state index contributed by atoms with van der Waals surface area (Å²) in [5.41, 5.74) is 4.21. The van der Waals surface area contributed by atoms with E-state index in [0.717, 1.165) is 47.1 Å². The Hall–Kier alpha value is -2.18. The van der Waals surface area contributed by atoms with E-state index in [0.29, 0.717) is 0 Å². The molecule has 3 aromatic rings. The molecule has 1 N–H and O–H groups in total. The lowest BCUT2D eigenvalue weighted by molar-refractivity contribution is 0.349. The van der Waals surface area contributed by atoms with Crippen molar-refractivity contribution >= 4 is 20.9 Å². The van der Waals surface area contributed by atoms with Gasteiger partial charge in [0.1, 0.15) is 0 Å². The maximum Gasteiger partial charge on any atom is 0.215 e. The van der Waals surface area contributed by atoms with Gasteiger partial charge in [0.05, 0.1) is 10.9 Å². The summed E-state index contributed by atoms with van der Waals surface area (Å²) >= 11 is 0. The van der Waals surface area contributed by atoms with E-state index in [1.54, 1.807) is 6.20 Å². The molecule has 0 amide bonds. The highest BCUT2D eigenvalue weighted by Crippen LogP contribution is 2.34. The first kappa shape index (κ1) is 20.1. The molecule has 5 nitrogen and oxygen atoms in total. The van der Waals surface area contributed by atoms with Crippen molar-refractivity contribution in [1.29, 1.82) is 0 Å². The average Bonchev–Trinajstić information content (AvgIpc) is 3.45. The van der Waals surface area contributed by atoms with Crippen LogP contribution >= 0.6 is 0 Å². The topological polar surface area (TPSA) is 64.0 Å². The summed E-state index contributed by atoms with van der Waals surface area (Å²) in [4.78, 5) is 4.48. The molecule has 0 radical (unpaired) electrons. The molecule has 4 rings (SSSR count). The number of benzene rings is 1. The molecule has 2 aromatic heterocycles. The molecule has 2 heterocycles. The number of pyridine rings is 1. The minimum atomic E-state index is -3.25. The smallest absolute Gasteiger partial charge is 0.215 e. The number of rotatable bonds is 6. The molecule has 154 valence electrons. The minimum absolute atomic E-state index is 0.0982. The van der Waals surface area contributed by atoms with Crippen LogP contribution in [0.5, 0.6) is 0 Å². The predicted octanol–water partition coefficient (Wildman–Crippen LogP) is 4.89. The summed E-state index contributed by atoms with van der Waals surface area (Å²) in [6.45, 7) is 9.40. The van der Waals surface area contributed by atoms with E-state index in [4.69, 9.17) is 0 Å². The van der Waals surface area contributed by atoms with Crippen molar-refractivity contribution in [2.45, 2.75) is 58.4 Å². The first-order chi connectivity index (χ1) is 13.6. The van der Waals surface area contributed by atoms with Gasteiger partial charge in [-0.3, -0.25) is 4.98 Å². The van der Waals surface area contributed by atoms with E-state index < -0.39 is 10.0 Å². The normalized spacial score (nSPS) is 16.3. The SMILES string of the molecule is C[C@@H](NS(=O)(=O)C1CC1)c1cn(CC(C)(C)C)c2cc(-c3ccccn3)ccc12. The van der Waals surface area contributed by atoms with Crippen LogP contribution in [0.3, 0.4) is 0 Å². The van der Waals surface area contributed by atoms with Crippen LogP contribution in [0.1, 0.15) is 52.1 Å². The first-order valence-electron chi connectivity index (χ1n) is 10.2. The molecule has 0 unspecified atom stereocenters. The Morgan fingerprint density at radius 1 is 1.21 bits per heavy atom. The van der Waals surface area contributed by atoms with Crippen molar-refractivity contribution in [2.24, 2.45) is 5.41 Å². The van der Waals surface area contributed by atoms with Gasteiger partial charge in [-0.05, 0) is 48.9 Å². The fourth-order valence-corrected chi connectivity index (χ4v) is 5.35. The number of nitrogens with one attached hydrogen (secondary N) is 1. The fraction of sp³-hybridized carbons (Fsp3) is 0.435. The molecule has 0 saturated heterocycles. The largest absolute Gasteiger partial charge is 0.347 e. The molecule has 0 spiro atoms. The Morgan fingerprint density at radius 3 is 2.59 bits per heavy atom. The van der Waals surface area contributed by atoms with E-state index in [2.05, 4.69) is 59.4 Å². The summed E-state index contributed by atoms with van der Waals surface area (Å²) in [6.07, 6.45) is 5.44. The highest BCUT2D eigenvalue weighted by atomic mass is 32.2. The van der Waals surface area contributed by atoms with Crippen molar-refractivity contribution in [2.75, 3.05) is 0 Å². The van der Waals surface area contributed by atoms with Crippen LogP contribution in [-0.4, -0.2) is 23.2 Å². The summed E-state index contributed by atoms with van der Waals surface area (Å²) in [5, 5.41) is 0.864. The molecule has 1 aliphatic carbocycles. The first-order valence-corrected chi connectivity index (χ1v) is 11.7. The predicted molar refractivity (Wildman–Crippen MR) is 118 cm³/mol. The lowest BCUT2D eigenvalue weighted by atomic mass is 9.97. The van der Waals surface area contributed by atoms with Crippen LogP contribution in [0.15, 0.2) is 48.8 Å². The Labute approximate surface area is 173 Å². The van der Waals surface area contributed by atoms with E-state index in [-0.39, 0.29) is 16.7 Å². The molecule has 1 fully saturated rings. The number of aromatic nitrogens is 2. The van der Waals surface area contributed by atoms with Gasteiger partial charge in [0.15, 0.2) is 0 Å². The van der Waals surface area contributed by atoms with Crippen molar-refractivity contribution in [3.05, 3.63) is 54.4 Å². The van der Waals surface area contributed by atoms with Gasteiger partial charge in [0.2, 0.25) is 10.0 Å². The molecule has 0 bridgehead atoms. The maximum absolute atomic E-state index is 12.5. The second-order valence-electron chi connectivity index (χ2n) is 9.30. The van der Waals surface area contributed by atoms with Gasteiger partial charge in [0.25, 0.3) is 0 Å². The highest BCUT2D eigenvalue weighted by molar-refractivity contribution is 7.90. The number of nitrogens with zero attached hydrogens (tertiary/aromatic N) is 2. The van der Waals surface area contributed by atoms with E-state index in [9.17, 15) is 8.42 Å². The van der Waals surface area contributed by atoms with Crippen LogP contribution in [0, 0.1) is 5.41 Å². The fourth-order valence-electron chi connectivity index (χ4n) is 3.78. The van der Waals surface area contributed by atoms with Gasteiger partial charge in [0, 0.05) is 41.4 Å². The van der Waals surface area contributed by atoms with Crippen molar-refractivity contribution in [3.63, 3.8) is 0 Å². The van der Waals surface area contributed by atoms with Gasteiger partial charge in [-0.25, -0.2) is 13.1 Å². The van der Waals surface area contributed by atoms with E-state index in [1.165, 1.54) is 0 Å². The van der Waals surface area contributed by atoms with Gasteiger partial charge < -0.3 is 4.57 Å². The Morgan fingerprint density at radius 2 is 1.97 bits per heavy atom. The number of sulfonamides is 1. The highest BCUT2D eigenvalue weighted by Gasteiger charge is 2.36. The standard InChI is InChI=1S/C23H29N3O2S/c1-16(25-29(27,28)18-9-10-18)20-14-26(15-23(2,3)4)22-13-17(8-11-19(20)22)21-7-5-6-12-24-21/h5-8,11-14,16,18,25H,9-10,15H2,1-4H3/t16-/m1/s1. The van der Waals surface area contributed by atoms with Gasteiger partial charge in [-0.2, -0.15) is 0 Å². The molecular weight excluding hydrogens is 382 g/mol. The lowest BCUT2D eigenvalue weighted by Gasteiger charge is -2.20. The molecule has 1 saturated carbocycles. The second-order valence-corrected chi connectivity index (χ2v) is 11.3. The molecule has 29 heavy (non-hydrogen) atoms.